The molecule has 1 rings (SSSR count). The number of carbonyl (C=O) groups is 1. The minimum absolute atomic E-state index is 0.151. The molecule has 1 aliphatic heterocycles. The normalized spacial score (nSPS) is 27.6. The maximum Gasteiger partial charge on any atom is 0.246 e. The molecule has 0 aromatic heterocycles. The zero-order chi connectivity index (χ0) is 6.85. The number of hydroxylamine groups is 2. The molecule has 4 heteroatoms. The molecule has 9 heavy (non-hydrogen) atoms. The fraction of sp³-hybridized carbons (Fsp3) is 0.800. The smallest absolute Gasteiger partial charge is 0.246 e. The van der Waals surface area contributed by atoms with E-state index in [2.05, 4.69) is 0 Å². The predicted octanol–water partition coefficient (Wildman–Crippen LogP) is -0.641. The third kappa shape index (κ3) is 1.04. The molecule has 0 aromatic rings. The zero-order valence-corrected chi connectivity index (χ0v) is 4.95. The number of rotatable bonds is 1. The average molecular weight is 131 g/mol. The molecule has 0 bridgehead atoms. The van der Waals surface area contributed by atoms with E-state index in [0.29, 0.717) is 17.9 Å². The molecule has 1 heterocycles. The summed E-state index contributed by atoms with van der Waals surface area (Å²) >= 11 is 0. The van der Waals surface area contributed by atoms with E-state index in [0.717, 1.165) is 0 Å². The molecular weight excluding hydrogens is 122 g/mol. The van der Waals surface area contributed by atoms with Gasteiger partial charge >= 0.3 is 0 Å². The van der Waals surface area contributed by atoms with E-state index in [1.807, 2.05) is 0 Å². The molecule has 52 valence electrons. The lowest BCUT2D eigenvalue weighted by molar-refractivity contribution is -0.167. The number of hydrogen-bond donors (Lipinski definition) is 2. The monoisotopic (exact) mass is 131 g/mol. The van der Waals surface area contributed by atoms with Crippen molar-refractivity contribution in [3.05, 3.63) is 0 Å². The lowest BCUT2D eigenvalue weighted by Crippen LogP contribution is -2.31. The molecule has 1 amide bonds. The molecule has 1 atom stereocenters. The Balaban J connectivity index is 2.51. The quantitative estimate of drug-likeness (QED) is 0.465. The van der Waals surface area contributed by atoms with E-state index < -0.39 is 0 Å². The SMILES string of the molecule is O=C1CCC(CO)N1O. The average Bonchev–Trinajstić information content (AvgIpc) is 2.15. The molecule has 1 fully saturated rings. The van der Waals surface area contributed by atoms with E-state index >= 15 is 0 Å². The maximum atomic E-state index is 10.5. The number of hydrogen-bond acceptors (Lipinski definition) is 3. The number of nitrogens with zero attached hydrogens (tertiary/aromatic N) is 1. The molecule has 1 aliphatic rings. The molecule has 1 unspecified atom stereocenters. The topological polar surface area (TPSA) is 60.8 Å². The summed E-state index contributed by atoms with van der Waals surface area (Å²) in [6.45, 7) is -0.151. The van der Waals surface area contributed by atoms with Crippen LogP contribution in [0.4, 0.5) is 0 Å². The number of aliphatic hydroxyl groups is 1. The Kier molecular flexibility index (Phi) is 1.68. The Labute approximate surface area is 52.7 Å². The molecule has 0 aromatic carbocycles. The Morgan fingerprint density at radius 2 is 2.44 bits per heavy atom. The van der Waals surface area contributed by atoms with E-state index in [1.54, 1.807) is 0 Å². The molecule has 0 aliphatic carbocycles. The van der Waals surface area contributed by atoms with Crippen molar-refractivity contribution in [2.45, 2.75) is 18.9 Å². The van der Waals surface area contributed by atoms with Gasteiger partial charge in [0.25, 0.3) is 0 Å². The van der Waals surface area contributed by atoms with Crippen LogP contribution in [0.15, 0.2) is 0 Å². The molecule has 1 saturated heterocycles. The summed E-state index contributed by atoms with van der Waals surface area (Å²) in [5, 5.41) is 17.9. The molecule has 4 nitrogen and oxygen atoms in total. The zero-order valence-electron chi connectivity index (χ0n) is 4.95. The van der Waals surface area contributed by atoms with Crippen molar-refractivity contribution in [1.29, 1.82) is 0 Å². The number of amides is 1. The van der Waals surface area contributed by atoms with Crippen molar-refractivity contribution in [3.8, 4) is 0 Å². The molecule has 0 spiro atoms. The van der Waals surface area contributed by atoms with E-state index in [4.69, 9.17) is 10.3 Å². The van der Waals surface area contributed by atoms with Gasteiger partial charge in [-0.15, -0.1) is 0 Å². The third-order valence-corrected chi connectivity index (χ3v) is 1.50. The Hall–Kier alpha value is -0.610. The van der Waals surface area contributed by atoms with Gasteiger partial charge in [0, 0.05) is 6.42 Å². The second-order valence-corrected chi connectivity index (χ2v) is 2.11. The minimum atomic E-state index is -0.363. The van der Waals surface area contributed by atoms with Gasteiger partial charge in [-0.25, -0.2) is 5.06 Å². The largest absolute Gasteiger partial charge is 0.394 e. The van der Waals surface area contributed by atoms with Crippen LogP contribution < -0.4 is 0 Å². The highest BCUT2D eigenvalue weighted by molar-refractivity contribution is 5.77. The lowest BCUT2D eigenvalue weighted by atomic mass is 10.2. The summed E-state index contributed by atoms with van der Waals surface area (Å²) in [6.07, 6.45) is 0.910. The summed E-state index contributed by atoms with van der Waals surface area (Å²) in [4.78, 5) is 10.5. The van der Waals surface area contributed by atoms with E-state index in [1.165, 1.54) is 0 Å². The number of aliphatic hydroxyl groups excluding tert-OH is 1. The van der Waals surface area contributed by atoms with Gasteiger partial charge in [0.15, 0.2) is 0 Å². The third-order valence-electron chi connectivity index (χ3n) is 1.50. The van der Waals surface area contributed by atoms with Crippen LogP contribution in [0.5, 0.6) is 0 Å². The van der Waals surface area contributed by atoms with E-state index in [-0.39, 0.29) is 18.6 Å². The van der Waals surface area contributed by atoms with Crippen LogP contribution in [0.25, 0.3) is 0 Å². The van der Waals surface area contributed by atoms with Crippen LogP contribution in [0.3, 0.4) is 0 Å². The summed E-state index contributed by atoms with van der Waals surface area (Å²) in [5.74, 6) is -0.297. The maximum absolute atomic E-state index is 10.5. The highest BCUT2D eigenvalue weighted by Crippen LogP contribution is 2.14. The van der Waals surface area contributed by atoms with Crippen molar-refractivity contribution in [2.24, 2.45) is 0 Å². The second-order valence-electron chi connectivity index (χ2n) is 2.11. The van der Waals surface area contributed by atoms with Gasteiger partial charge in [0.05, 0.1) is 12.6 Å². The van der Waals surface area contributed by atoms with Crippen LogP contribution in [-0.4, -0.2) is 33.9 Å². The summed E-state index contributed by atoms with van der Waals surface area (Å²) < 4.78 is 0. The van der Waals surface area contributed by atoms with Crippen molar-refractivity contribution in [1.82, 2.24) is 5.06 Å². The molecule has 0 radical (unpaired) electrons. The highest BCUT2D eigenvalue weighted by atomic mass is 16.5. The molecule has 0 saturated carbocycles. The second kappa shape index (κ2) is 2.33. The van der Waals surface area contributed by atoms with Crippen LogP contribution in [0.2, 0.25) is 0 Å². The molecular formula is C5H9NO3. The van der Waals surface area contributed by atoms with Crippen molar-refractivity contribution in [3.63, 3.8) is 0 Å². The first kappa shape index (κ1) is 6.51. The predicted molar refractivity (Wildman–Crippen MR) is 28.7 cm³/mol. The first-order chi connectivity index (χ1) is 4.25. The first-order valence-electron chi connectivity index (χ1n) is 2.87. The fourth-order valence-electron chi connectivity index (χ4n) is 0.899. The van der Waals surface area contributed by atoms with Gasteiger partial charge in [-0.05, 0) is 6.42 Å². The van der Waals surface area contributed by atoms with Gasteiger partial charge in [-0.3, -0.25) is 10.0 Å². The van der Waals surface area contributed by atoms with Crippen LogP contribution in [-0.2, 0) is 4.79 Å². The van der Waals surface area contributed by atoms with Gasteiger partial charge < -0.3 is 5.11 Å². The van der Waals surface area contributed by atoms with Crippen LogP contribution >= 0.6 is 0 Å². The van der Waals surface area contributed by atoms with Crippen LogP contribution in [0, 0.1) is 0 Å². The first-order valence-corrected chi connectivity index (χ1v) is 2.87. The lowest BCUT2D eigenvalue weighted by Gasteiger charge is -2.13. The van der Waals surface area contributed by atoms with Crippen LogP contribution in [0.1, 0.15) is 12.8 Å². The highest BCUT2D eigenvalue weighted by Gasteiger charge is 2.28. The van der Waals surface area contributed by atoms with Gasteiger partial charge in [0.1, 0.15) is 0 Å². The Morgan fingerprint density at radius 1 is 1.78 bits per heavy atom. The van der Waals surface area contributed by atoms with Crippen molar-refractivity contribution >= 4 is 5.91 Å². The summed E-state index contributed by atoms with van der Waals surface area (Å²) in [7, 11) is 0. The summed E-state index contributed by atoms with van der Waals surface area (Å²) in [6, 6.07) is -0.363. The Morgan fingerprint density at radius 3 is 2.67 bits per heavy atom. The fourth-order valence-corrected chi connectivity index (χ4v) is 0.899. The summed E-state index contributed by atoms with van der Waals surface area (Å²) in [5.41, 5.74) is 0. The molecule has 2 N–H and O–H groups in total. The van der Waals surface area contributed by atoms with Gasteiger partial charge in [0.2, 0.25) is 5.91 Å². The van der Waals surface area contributed by atoms with Gasteiger partial charge in [-0.2, -0.15) is 0 Å². The van der Waals surface area contributed by atoms with E-state index in [9.17, 15) is 4.79 Å². The van der Waals surface area contributed by atoms with Crippen molar-refractivity contribution < 1.29 is 15.1 Å². The van der Waals surface area contributed by atoms with Crippen molar-refractivity contribution in [2.75, 3.05) is 6.61 Å². The van der Waals surface area contributed by atoms with Gasteiger partial charge in [-0.1, -0.05) is 0 Å². The Bertz CT molecular complexity index is 125. The minimum Gasteiger partial charge on any atom is -0.394 e. The number of carbonyl (C=O) groups excluding carboxylic acids is 1. The standard InChI is InChI=1S/C5H9NO3/c7-3-4-1-2-5(8)6(4)9/h4,7,9H,1-3H2.